The van der Waals surface area contributed by atoms with Crippen LogP contribution in [0.4, 0.5) is 24.5 Å². The van der Waals surface area contributed by atoms with E-state index >= 15 is 0 Å². The number of allylic oxidation sites excluding steroid dienone is 1. The van der Waals surface area contributed by atoms with Crippen LogP contribution in [0.3, 0.4) is 0 Å². The van der Waals surface area contributed by atoms with E-state index in [4.69, 9.17) is 0 Å². The van der Waals surface area contributed by atoms with Crippen molar-refractivity contribution in [2.75, 3.05) is 19.4 Å². The van der Waals surface area contributed by atoms with Crippen LogP contribution >= 0.6 is 0 Å². The third kappa shape index (κ3) is 4.84. The first-order valence-corrected chi connectivity index (χ1v) is 7.05. The molecule has 1 N–H and O–H groups in total. The second-order valence-electron chi connectivity index (χ2n) is 5.28. The van der Waals surface area contributed by atoms with Crippen molar-refractivity contribution < 1.29 is 18.0 Å². The summed E-state index contributed by atoms with van der Waals surface area (Å²) in [5, 5.41) is 2.83. The van der Waals surface area contributed by atoms with Gasteiger partial charge in [0.1, 0.15) is 5.69 Å². The standard InChI is InChI=1S/C17H16F3N3O/c1-23(2)9-8-16(24)15-7-6-14(11-21-15)22-13-5-3-4-12(10-13)17(18,19)20/h3-11,22H,1-2H3/b9-8+. The number of alkyl halides is 3. The smallest absolute Gasteiger partial charge is 0.383 e. The molecule has 7 heteroatoms. The summed E-state index contributed by atoms with van der Waals surface area (Å²) in [5.74, 6) is -0.255. The van der Waals surface area contributed by atoms with E-state index in [0.717, 1.165) is 12.1 Å². The Bertz CT molecular complexity index is 737. The molecule has 0 amide bonds. The number of halogens is 3. The molecule has 0 aliphatic rings. The maximum Gasteiger partial charge on any atom is 0.416 e. The number of nitrogens with zero attached hydrogens (tertiary/aromatic N) is 2. The number of hydrogen-bond acceptors (Lipinski definition) is 4. The summed E-state index contributed by atoms with van der Waals surface area (Å²) >= 11 is 0. The Balaban J connectivity index is 2.11. The maximum atomic E-state index is 12.7. The van der Waals surface area contributed by atoms with Gasteiger partial charge in [0, 0.05) is 32.1 Å². The van der Waals surface area contributed by atoms with Gasteiger partial charge in [-0.05, 0) is 30.3 Å². The van der Waals surface area contributed by atoms with Crippen molar-refractivity contribution in [3.05, 3.63) is 66.1 Å². The number of hydrogen-bond donors (Lipinski definition) is 1. The van der Waals surface area contributed by atoms with Crippen LogP contribution in [0.25, 0.3) is 0 Å². The normalized spacial score (nSPS) is 11.5. The zero-order valence-electron chi connectivity index (χ0n) is 13.1. The van der Waals surface area contributed by atoms with Crippen LogP contribution in [0.2, 0.25) is 0 Å². The summed E-state index contributed by atoms with van der Waals surface area (Å²) in [6.45, 7) is 0. The molecule has 0 fully saturated rings. The van der Waals surface area contributed by atoms with Crippen molar-refractivity contribution >= 4 is 17.2 Å². The highest BCUT2D eigenvalue weighted by atomic mass is 19.4. The fraction of sp³-hybridized carbons (Fsp3) is 0.176. The lowest BCUT2D eigenvalue weighted by Gasteiger charge is -2.10. The Kier molecular flexibility index (Phi) is 5.23. The van der Waals surface area contributed by atoms with Gasteiger partial charge in [-0.2, -0.15) is 13.2 Å². The molecule has 24 heavy (non-hydrogen) atoms. The molecule has 126 valence electrons. The van der Waals surface area contributed by atoms with Gasteiger partial charge in [-0.3, -0.25) is 9.78 Å². The van der Waals surface area contributed by atoms with Crippen molar-refractivity contribution in [1.29, 1.82) is 0 Å². The first kappa shape index (κ1) is 17.5. The zero-order valence-corrected chi connectivity index (χ0v) is 13.1. The summed E-state index contributed by atoms with van der Waals surface area (Å²) in [6.07, 6.45) is 0.00301. The predicted molar refractivity (Wildman–Crippen MR) is 86.1 cm³/mol. The van der Waals surface area contributed by atoms with E-state index in [1.54, 1.807) is 31.3 Å². The van der Waals surface area contributed by atoms with E-state index in [-0.39, 0.29) is 11.5 Å². The number of pyridine rings is 1. The summed E-state index contributed by atoms with van der Waals surface area (Å²) in [5.41, 5.74) is 0.296. The van der Waals surface area contributed by atoms with E-state index < -0.39 is 11.7 Å². The molecule has 0 spiro atoms. The van der Waals surface area contributed by atoms with Gasteiger partial charge in [0.25, 0.3) is 0 Å². The van der Waals surface area contributed by atoms with Gasteiger partial charge in [-0.1, -0.05) is 6.07 Å². The van der Waals surface area contributed by atoms with Gasteiger partial charge in [0.2, 0.25) is 5.78 Å². The van der Waals surface area contributed by atoms with E-state index in [1.165, 1.54) is 30.5 Å². The molecule has 4 nitrogen and oxygen atoms in total. The van der Waals surface area contributed by atoms with Crippen LogP contribution in [-0.4, -0.2) is 29.8 Å². The number of ketones is 1. The topological polar surface area (TPSA) is 45.2 Å². The molecule has 1 aromatic carbocycles. The first-order chi connectivity index (χ1) is 11.3. The van der Waals surface area contributed by atoms with Crippen LogP contribution in [0.15, 0.2) is 54.9 Å². The zero-order chi connectivity index (χ0) is 17.7. The highest BCUT2D eigenvalue weighted by Gasteiger charge is 2.30. The van der Waals surface area contributed by atoms with Crippen LogP contribution in [0, 0.1) is 0 Å². The molecule has 0 saturated heterocycles. The van der Waals surface area contributed by atoms with E-state index in [2.05, 4.69) is 10.3 Å². The first-order valence-electron chi connectivity index (χ1n) is 7.05. The fourth-order valence-corrected chi connectivity index (χ4v) is 1.86. The summed E-state index contributed by atoms with van der Waals surface area (Å²) in [6, 6.07) is 7.96. The Hall–Kier alpha value is -2.83. The second kappa shape index (κ2) is 7.16. The largest absolute Gasteiger partial charge is 0.416 e. The van der Waals surface area contributed by atoms with E-state index in [1.807, 2.05) is 0 Å². The van der Waals surface area contributed by atoms with Crippen molar-refractivity contribution in [3.8, 4) is 0 Å². The van der Waals surface area contributed by atoms with Gasteiger partial charge in [-0.15, -0.1) is 0 Å². The molecule has 0 unspecified atom stereocenters. The van der Waals surface area contributed by atoms with Crippen molar-refractivity contribution in [3.63, 3.8) is 0 Å². The molecule has 1 aromatic heterocycles. The lowest BCUT2D eigenvalue weighted by Crippen LogP contribution is -2.05. The van der Waals surface area contributed by atoms with Crippen LogP contribution in [0.1, 0.15) is 16.1 Å². The second-order valence-corrected chi connectivity index (χ2v) is 5.28. The lowest BCUT2D eigenvalue weighted by atomic mass is 10.2. The Labute approximate surface area is 137 Å². The highest BCUT2D eigenvalue weighted by molar-refractivity contribution is 6.03. The average Bonchev–Trinajstić information content (AvgIpc) is 2.53. The average molecular weight is 335 g/mol. The quantitative estimate of drug-likeness (QED) is 0.660. The number of carbonyl (C=O) groups excluding carboxylic acids is 1. The van der Waals surface area contributed by atoms with E-state index in [0.29, 0.717) is 11.4 Å². The summed E-state index contributed by atoms with van der Waals surface area (Å²) in [7, 11) is 3.58. The molecule has 0 radical (unpaired) electrons. The van der Waals surface area contributed by atoms with Gasteiger partial charge in [0.15, 0.2) is 0 Å². The van der Waals surface area contributed by atoms with Crippen molar-refractivity contribution in [1.82, 2.24) is 9.88 Å². The monoisotopic (exact) mass is 335 g/mol. The van der Waals surface area contributed by atoms with Gasteiger partial charge in [0.05, 0.1) is 17.4 Å². The van der Waals surface area contributed by atoms with Crippen molar-refractivity contribution in [2.24, 2.45) is 0 Å². The predicted octanol–water partition coefficient (Wildman–Crippen LogP) is 4.10. The summed E-state index contributed by atoms with van der Waals surface area (Å²) < 4.78 is 38.1. The minimum absolute atomic E-state index is 0.252. The molecule has 0 bridgehead atoms. The minimum atomic E-state index is -4.40. The highest BCUT2D eigenvalue weighted by Crippen LogP contribution is 2.31. The Morgan fingerprint density at radius 3 is 2.50 bits per heavy atom. The molecule has 0 saturated carbocycles. The van der Waals surface area contributed by atoms with Crippen LogP contribution in [-0.2, 0) is 6.18 Å². The maximum absolute atomic E-state index is 12.7. The number of nitrogens with one attached hydrogen (secondary N) is 1. The SMILES string of the molecule is CN(C)/C=C/C(=O)c1ccc(Nc2cccc(C(F)(F)F)c2)cn1. The summed E-state index contributed by atoms with van der Waals surface area (Å²) in [4.78, 5) is 17.6. The number of benzene rings is 1. The molecule has 0 aliphatic heterocycles. The van der Waals surface area contributed by atoms with Crippen LogP contribution in [0.5, 0.6) is 0 Å². The molecular formula is C17H16F3N3O. The molecule has 2 aromatic rings. The number of rotatable bonds is 5. The fourth-order valence-electron chi connectivity index (χ4n) is 1.86. The lowest BCUT2D eigenvalue weighted by molar-refractivity contribution is -0.137. The Morgan fingerprint density at radius 2 is 1.92 bits per heavy atom. The Morgan fingerprint density at radius 1 is 1.17 bits per heavy atom. The molecule has 0 aliphatic carbocycles. The number of aromatic nitrogens is 1. The van der Waals surface area contributed by atoms with Gasteiger partial charge < -0.3 is 10.2 Å². The van der Waals surface area contributed by atoms with Gasteiger partial charge >= 0.3 is 6.18 Å². The number of carbonyl (C=O) groups is 1. The van der Waals surface area contributed by atoms with E-state index in [9.17, 15) is 18.0 Å². The van der Waals surface area contributed by atoms with Crippen LogP contribution < -0.4 is 5.32 Å². The third-order valence-electron chi connectivity index (χ3n) is 3.02. The van der Waals surface area contributed by atoms with Crippen molar-refractivity contribution in [2.45, 2.75) is 6.18 Å². The number of anilines is 2. The molecular weight excluding hydrogens is 319 g/mol. The minimum Gasteiger partial charge on any atom is -0.383 e. The third-order valence-corrected chi connectivity index (χ3v) is 3.02. The molecule has 1 heterocycles. The molecule has 2 rings (SSSR count). The molecule has 0 atom stereocenters. The van der Waals surface area contributed by atoms with Gasteiger partial charge in [-0.25, -0.2) is 0 Å².